The monoisotopic (exact) mass is 204 g/mol. The van der Waals surface area contributed by atoms with Crippen molar-refractivity contribution in [2.75, 3.05) is 6.54 Å². The minimum absolute atomic E-state index is 0.00153. The maximum atomic E-state index is 12.1. The predicted octanol–water partition coefficient (Wildman–Crippen LogP) is 1.71. The van der Waals surface area contributed by atoms with Gasteiger partial charge in [0.1, 0.15) is 0 Å². The van der Waals surface area contributed by atoms with Gasteiger partial charge in [-0.15, -0.1) is 0 Å². The van der Waals surface area contributed by atoms with Crippen molar-refractivity contribution in [3.8, 4) is 0 Å². The van der Waals surface area contributed by atoms with E-state index in [9.17, 15) is 4.79 Å². The molecule has 1 aliphatic heterocycles. The number of carbonyl (C=O) groups excluding carboxylic acids is 1. The van der Waals surface area contributed by atoms with Crippen LogP contribution in [0.15, 0.2) is 18.5 Å². The first-order valence-electron chi connectivity index (χ1n) is 5.47. The Kier molecular flexibility index (Phi) is 3.11. The second kappa shape index (κ2) is 4.53. The fourth-order valence-electron chi connectivity index (χ4n) is 1.99. The van der Waals surface area contributed by atoms with Crippen LogP contribution in [-0.4, -0.2) is 23.4 Å². The fraction of sp³-hybridized carbons (Fsp3) is 0.500. The zero-order valence-electron chi connectivity index (χ0n) is 8.99. The standard InChI is InChI=1S/C12H16N2O/c1-9-5-7-13-8-10(9)12(15)11-4-2-3-6-14-11/h5,7-8,11,14H,2-4,6H2,1H3. The Bertz CT molecular complexity index is 356. The van der Waals surface area contributed by atoms with Crippen LogP contribution in [0, 0.1) is 6.92 Å². The van der Waals surface area contributed by atoms with Gasteiger partial charge in [0.15, 0.2) is 5.78 Å². The lowest BCUT2D eigenvalue weighted by atomic mass is 9.95. The molecule has 0 radical (unpaired) electrons. The van der Waals surface area contributed by atoms with Crippen LogP contribution in [0.3, 0.4) is 0 Å². The molecule has 1 atom stereocenters. The van der Waals surface area contributed by atoms with Gasteiger partial charge < -0.3 is 5.32 Å². The van der Waals surface area contributed by atoms with E-state index in [0.717, 1.165) is 30.5 Å². The Morgan fingerprint density at radius 1 is 1.53 bits per heavy atom. The number of Topliss-reactive ketones (excluding diaryl/α,β-unsaturated/α-hetero) is 1. The minimum atomic E-state index is 0.00153. The smallest absolute Gasteiger partial charge is 0.181 e. The molecular formula is C12H16N2O. The highest BCUT2D eigenvalue weighted by Crippen LogP contribution is 2.14. The van der Waals surface area contributed by atoms with Gasteiger partial charge in [0, 0.05) is 18.0 Å². The normalized spacial score (nSPS) is 21.3. The molecular weight excluding hydrogens is 188 g/mol. The van der Waals surface area contributed by atoms with Crippen molar-refractivity contribution >= 4 is 5.78 Å². The van der Waals surface area contributed by atoms with Gasteiger partial charge in [-0.25, -0.2) is 0 Å². The molecule has 3 heteroatoms. The topological polar surface area (TPSA) is 42.0 Å². The van der Waals surface area contributed by atoms with Crippen molar-refractivity contribution in [1.82, 2.24) is 10.3 Å². The van der Waals surface area contributed by atoms with Crippen LogP contribution in [0.4, 0.5) is 0 Å². The van der Waals surface area contributed by atoms with Crippen LogP contribution < -0.4 is 5.32 Å². The molecule has 0 aromatic carbocycles. The van der Waals surface area contributed by atoms with Crippen molar-refractivity contribution in [3.05, 3.63) is 29.6 Å². The summed E-state index contributed by atoms with van der Waals surface area (Å²) in [5.41, 5.74) is 1.78. The Morgan fingerprint density at radius 3 is 3.07 bits per heavy atom. The van der Waals surface area contributed by atoms with Crippen molar-refractivity contribution < 1.29 is 4.79 Å². The maximum absolute atomic E-state index is 12.1. The van der Waals surface area contributed by atoms with Crippen molar-refractivity contribution in [2.24, 2.45) is 0 Å². The summed E-state index contributed by atoms with van der Waals surface area (Å²) < 4.78 is 0. The first-order valence-corrected chi connectivity index (χ1v) is 5.47. The number of ketones is 1. The highest BCUT2D eigenvalue weighted by molar-refractivity contribution is 6.01. The van der Waals surface area contributed by atoms with Crippen molar-refractivity contribution in [3.63, 3.8) is 0 Å². The molecule has 0 spiro atoms. The molecule has 2 heterocycles. The first kappa shape index (κ1) is 10.3. The molecule has 80 valence electrons. The van der Waals surface area contributed by atoms with Gasteiger partial charge in [-0.3, -0.25) is 9.78 Å². The van der Waals surface area contributed by atoms with E-state index in [0.29, 0.717) is 0 Å². The van der Waals surface area contributed by atoms with E-state index < -0.39 is 0 Å². The number of carbonyl (C=O) groups is 1. The zero-order chi connectivity index (χ0) is 10.7. The van der Waals surface area contributed by atoms with Gasteiger partial charge in [0.2, 0.25) is 0 Å². The summed E-state index contributed by atoms with van der Waals surface area (Å²) in [6.07, 6.45) is 6.67. The second-order valence-electron chi connectivity index (χ2n) is 4.06. The second-order valence-corrected chi connectivity index (χ2v) is 4.06. The number of pyridine rings is 1. The van der Waals surface area contributed by atoms with Crippen LogP contribution in [0.1, 0.15) is 35.2 Å². The average molecular weight is 204 g/mol. The molecule has 2 rings (SSSR count). The number of aromatic nitrogens is 1. The molecule has 15 heavy (non-hydrogen) atoms. The summed E-state index contributed by atoms with van der Waals surface area (Å²) in [6, 6.07) is 1.89. The Balaban J connectivity index is 2.16. The molecule has 0 amide bonds. The highest BCUT2D eigenvalue weighted by Gasteiger charge is 2.22. The molecule has 1 aromatic heterocycles. The number of hydrogen-bond donors (Lipinski definition) is 1. The minimum Gasteiger partial charge on any atom is -0.307 e. The summed E-state index contributed by atoms with van der Waals surface area (Å²) in [5.74, 6) is 0.195. The van der Waals surface area contributed by atoms with E-state index in [4.69, 9.17) is 0 Å². The van der Waals surface area contributed by atoms with E-state index in [-0.39, 0.29) is 11.8 Å². The predicted molar refractivity (Wildman–Crippen MR) is 58.9 cm³/mol. The molecule has 1 N–H and O–H groups in total. The summed E-state index contributed by atoms with van der Waals surface area (Å²) in [4.78, 5) is 16.1. The van der Waals surface area contributed by atoms with Gasteiger partial charge in [0.05, 0.1) is 6.04 Å². The quantitative estimate of drug-likeness (QED) is 0.746. The lowest BCUT2D eigenvalue weighted by molar-refractivity contribution is 0.0926. The number of nitrogens with one attached hydrogen (secondary N) is 1. The number of nitrogens with zero attached hydrogens (tertiary/aromatic N) is 1. The molecule has 0 saturated carbocycles. The van der Waals surface area contributed by atoms with E-state index in [1.165, 1.54) is 6.42 Å². The van der Waals surface area contributed by atoms with E-state index >= 15 is 0 Å². The van der Waals surface area contributed by atoms with Crippen molar-refractivity contribution in [2.45, 2.75) is 32.2 Å². The first-order chi connectivity index (χ1) is 7.29. The van der Waals surface area contributed by atoms with Gasteiger partial charge in [0.25, 0.3) is 0 Å². The van der Waals surface area contributed by atoms with Crippen LogP contribution in [-0.2, 0) is 0 Å². The molecule has 3 nitrogen and oxygen atoms in total. The Labute approximate surface area is 89.9 Å². The van der Waals surface area contributed by atoms with Gasteiger partial charge in [-0.05, 0) is 37.9 Å². The summed E-state index contributed by atoms with van der Waals surface area (Å²) >= 11 is 0. The van der Waals surface area contributed by atoms with Gasteiger partial charge in [-0.2, -0.15) is 0 Å². The summed E-state index contributed by atoms with van der Waals surface area (Å²) in [5, 5.41) is 3.27. The zero-order valence-corrected chi connectivity index (χ0v) is 8.99. The van der Waals surface area contributed by atoms with Crippen LogP contribution in [0.25, 0.3) is 0 Å². The van der Waals surface area contributed by atoms with Crippen LogP contribution in [0.2, 0.25) is 0 Å². The summed E-state index contributed by atoms with van der Waals surface area (Å²) in [6.45, 7) is 2.91. The van der Waals surface area contributed by atoms with E-state index in [2.05, 4.69) is 10.3 Å². The molecule has 0 bridgehead atoms. The maximum Gasteiger partial charge on any atom is 0.181 e. The van der Waals surface area contributed by atoms with E-state index in [1.807, 2.05) is 13.0 Å². The largest absolute Gasteiger partial charge is 0.307 e. The third kappa shape index (κ3) is 2.23. The number of rotatable bonds is 2. The molecule has 0 aliphatic carbocycles. The molecule has 1 aliphatic rings. The van der Waals surface area contributed by atoms with Crippen molar-refractivity contribution in [1.29, 1.82) is 0 Å². The molecule has 1 unspecified atom stereocenters. The number of piperidine rings is 1. The fourth-order valence-corrected chi connectivity index (χ4v) is 1.99. The highest BCUT2D eigenvalue weighted by atomic mass is 16.1. The SMILES string of the molecule is Cc1ccncc1C(=O)C1CCCCN1. The lowest BCUT2D eigenvalue weighted by Crippen LogP contribution is -2.40. The van der Waals surface area contributed by atoms with Crippen LogP contribution >= 0.6 is 0 Å². The summed E-state index contributed by atoms with van der Waals surface area (Å²) in [7, 11) is 0. The Morgan fingerprint density at radius 2 is 2.40 bits per heavy atom. The molecule has 1 saturated heterocycles. The molecule has 1 fully saturated rings. The van der Waals surface area contributed by atoms with E-state index in [1.54, 1.807) is 12.4 Å². The average Bonchev–Trinajstić information content (AvgIpc) is 2.30. The Hall–Kier alpha value is -1.22. The lowest BCUT2D eigenvalue weighted by Gasteiger charge is -2.22. The molecule has 1 aromatic rings. The third-order valence-corrected chi connectivity index (χ3v) is 2.93. The number of hydrogen-bond acceptors (Lipinski definition) is 3. The van der Waals surface area contributed by atoms with Gasteiger partial charge >= 0.3 is 0 Å². The number of aryl methyl sites for hydroxylation is 1. The van der Waals surface area contributed by atoms with Crippen LogP contribution in [0.5, 0.6) is 0 Å². The third-order valence-electron chi connectivity index (χ3n) is 2.93. The van der Waals surface area contributed by atoms with Gasteiger partial charge in [-0.1, -0.05) is 6.42 Å².